The van der Waals surface area contributed by atoms with Crippen LogP contribution in [0.4, 0.5) is 0 Å². The number of likely N-dealkylation sites (N-methyl/N-ethyl adjacent to an activating group) is 1. The van der Waals surface area contributed by atoms with E-state index in [4.69, 9.17) is 11.6 Å². The number of hydrogen-bond donors (Lipinski definition) is 0. The third-order valence-electron chi connectivity index (χ3n) is 4.53. The second-order valence-electron chi connectivity index (χ2n) is 6.84. The highest BCUT2D eigenvalue weighted by atomic mass is 35.5. The van der Waals surface area contributed by atoms with Crippen molar-refractivity contribution >= 4 is 17.5 Å². The third-order valence-corrected chi connectivity index (χ3v) is 4.78. The summed E-state index contributed by atoms with van der Waals surface area (Å²) < 4.78 is 0. The Morgan fingerprint density at radius 1 is 1.17 bits per heavy atom. The van der Waals surface area contributed by atoms with Gasteiger partial charge in [-0.05, 0) is 45.6 Å². The van der Waals surface area contributed by atoms with Crippen molar-refractivity contribution in [3.05, 3.63) is 34.9 Å². The molecule has 1 aliphatic rings. The van der Waals surface area contributed by atoms with Crippen LogP contribution in [0.15, 0.2) is 24.3 Å². The fourth-order valence-electron chi connectivity index (χ4n) is 3.21. The van der Waals surface area contributed by atoms with E-state index in [0.29, 0.717) is 23.5 Å². The van der Waals surface area contributed by atoms with Crippen molar-refractivity contribution in [2.75, 3.05) is 40.3 Å². The van der Waals surface area contributed by atoms with E-state index in [0.717, 1.165) is 31.7 Å². The molecule has 1 fully saturated rings. The molecule has 2 rings (SSSR count). The van der Waals surface area contributed by atoms with E-state index in [1.165, 1.54) is 0 Å². The molecule has 23 heavy (non-hydrogen) atoms. The van der Waals surface area contributed by atoms with E-state index in [9.17, 15) is 4.79 Å². The molecule has 1 aliphatic heterocycles. The maximum Gasteiger partial charge on any atom is 0.227 e. The van der Waals surface area contributed by atoms with Crippen LogP contribution >= 0.6 is 11.6 Å². The van der Waals surface area contributed by atoms with E-state index in [2.05, 4.69) is 37.7 Å². The van der Waals surface area contributed by atoms with E-state index in [1.54, 1.807) is 0 Å². The highest BCUT2D eigenvalue weighted by Crippen LogP contribution is 2.17. The Balaban J connectivity index is 1.92. The van der Waals surface area contributed by atoms with Gasteiger partial charge in [0.25, 0.3) is 0 Å². The fraction of sp³-hybridized carbons (Fsp3) is 0.611. The first-order chi connectivity index (χ1) is 10.9. The average molecular weight is 338 g/mol. The number of benzene rings is 1. The Hall–Kier alpha value is -1.10. The SMILES string of the molecule is CC1CN(C(=O)Cc2ccc(Cl)cc2)CC(C)N1CCN(C)C. The Bertz CT molecular complexity index is 506. The minimum atomic E-state index is 0.207. The van der Waals surface area contributed by atoms with Crippen LogP contribution in [-0.2, 0) is 11.2 Å². The average Bonchev–Trinajstić information content (AvgIpc) is 2.48. The van der Waals surface area contributed by atoms with Crippen molar-refractivity contribution in [1.82, 2.24) is 14.7 Å². The monoisotopic (exact) mass is 337 g/mol. The summed E-state index contributed by atoms with van der Waals surface area (Å²) in [6, 6.07) is 8.34. The molecule has 0 aromatic heterocycles. The number of hydrogen-bond acceptors (Lipinski definition) is 3. The lowest BCUT2D eigenvalue weighted by molar-refractivity contribution is -0.134. The zero-order chi connectivity index (χ0) is 17.0. The van der Waals surface area contributed by atoms with Gasteiger partial charge in [0, 0.05) is 43.3 Å². The molecular weight excluding hydrogens is 310 g/mol. The number of rotatable bonds is 5. The standard InChI is InChI=1S/C18H28ClN3O/c1-14-12-21(13-15(2)22(14)10-9-20(3)4)18(23)11-16-5-7-17(19)8-6-16/h5-8,14-15H,9-13H2,1-4H3. The molecular formula is C18H28ClN3O. The molecule has 0 aliphatic carbocycles. The van der Waals surface area contributed by atoms with Gasteiger partial charge in [0.2, 0.25) is 5.91 Å². The number of nitrogens with zero attached hydrogens (tertiary/aromatic N) is 3. The van der Waals surface area contributed by atoms with Crippen LogP contribution in [0.3, 0.4) is 0 Å². The van der Waals surface area contributed by atoms with Gasteiger partial charge in [-0.1, -0.05) is 23.7 Å². The molecule has 1 saturated heterocycles. The topological polar surface area (TPSA) is 26.8 Å². The van der Waals surface area contributed by atoms with Crippen molar-refractivity contribution < 1.29 is 4.79 Å². The summed E-state index contributed by atoms with van der Waals surface area (Å²) in [5, 5.41) is 0.706. The fourth-order valence-corrected chi connectivity index (χ4v) is 3.33. The van der Waals surface area contributed by atoms with Crippen LogP contribution in [-0.4, -0.2) is 73.0 Å². The van der Waals surface area contributed by atoms with Crippen LogP contribution in [0.25, 0.3) is 0 Å². The van der Waals surface area contributed by atoms with Gasteiger partial charge < -0.3 is 9.80 Å². The number of amides is 1. The summed E-state index contributed by atoms with van der Waals surface area (Å²) in [6.45, 7) is 8.15. The summed E-state index contributed by atoms with van der Waals surface area (Å²) >= 11 is 5.90. The highest BCUT2D eigenvalue weighted by molar-refractivity contribution is 6.30. The molecule has 0 bridgehead atoms. The minimum Gasteiger partial charge on any atom is -0.339 e. The third kappa shape index (κ3) is 5.20. The molecule has 1 amide bonds. The first kappa shape index (κ1) is 18.2. The van der Waals surface area contributed by atoms with Gasteiger partial charge in [0.15, 0.2) is 0 Å². The largest absolute Gasteiger partial charge is 0.339 e. The summed E-state index contributed by atoms with van der Waals surface area (Å²) in [6.07, 6.45) is 0.453. The Labute approximate surface area is 145 Å². The summed E-state index contributed by atoms with van der Waals surface area (Å²) in [5.41, 5.74) is 1.02. The number of carbonyl (C=O) groups excluding carboxylic acids is 1. The highest BCUT2D eigenvalue weighted by Gasteiger charge is 2.31. The van der Waals surface area contributed by atoms with Gasteiger partial charge in [-0.15, -0.1) is 0 Å². The zero-order valence-electron chi connectivity index (χ0n) is 14.6. The van der Waals surface area contributed by atoms with Gasteiger partial charge in [-0.3, -0.25) is 9.69 Å². The molecule has 2 atom stereocenters. The van der Waals surface area contributed by atoms with Crippen LogP contribution < -0.4 is 0 Å². The van der Waals surface area contributed by atoms with E-state index < -0.39 is 0 Å². The molecule has 0 N–H and O–H groups in total. The van der Waals surface area contributed by atoms with Crippen LogP contribution in [0, 0.1) is 0 Å². The molecule has 2 unspecified atom stereocenters. The van der Waals surface area contributed by atoms with E-state index in [-0.39, 0.29) is 5.91 Å². The normalized spacial score (nSPS) is 22.6. The van der Waals surface area contributed by atoms with Crippen molar-refractivity contribution in [3.63, 3.8) is 0 Å². The molecule has 0 spiro atoms. The molecule has 4 nitrogen and oxygen atoms in total. The molecule has 0 radical (unpaired) electrons. The number of halogens is 1. The Morgan fingerprint density at radius 2 is 1.74 bits per heavy atom. The van der Waals surface area contributed by atoms with Crippen LogP contribution in [0.1, 0.15) is 19.4 Å². The predicted molar refractivity (Wildman–Crippen MR) is 95.9 cm³/mol. The van der Waals surface area contributed by atoms with Crippen LogP contribution in [0.2, 0.25) is 5.02 Å². The second-order valence-corrected chi connectivity index (χ2v) is 7.28. The summed E-state index contributed by atoms with van der Waals surface area (Å²) in [5.74, 6) is 0.207. The summed E-state index contributed by atoms with van der Waals surface area (Å²) in [4.78, 5) is 19.3. The van der Waals surface area contributed by atoms with Gasteiger partial charge in [0.1, 0.15) is 0 Å². The predicted octanol–water partition coefficient (Wildman–Crippen LogP) is 2.37. The van der Waals surface area contributed by atoms with Crippen molar-refractivity contribution in [2.45, 2.75) is 32.4 Å². The zero-order valence-corrected chi connectivity index (χ0v) is 15.4. The lowest BCUT2D eigenvalue weighted by Gasteiger charge is -2.44. The first-order valence-electron chi connectivity index (χ1n) is 8.29. The molecule has 1 aromatic carbocycles. The summed E-state index contributed by atoms with van der Waals surface area (Å²) in [7, 11) is 4.20. The quantitative estimate of drug-likeness (QED) is 0.825. The van der Waals surface area contributed by atoms with Crippen molar-refractivity contribution in [3.8, 4) is 0 Å². The van der Waals surface area contributed by atoms with Gasteiger partial charge in [-0.25, -0.2) is 0 Å². The Morgan fingerprint density at radius 3 is 2.26 bits per heavy atom. The Kier molecular flexibility index (Phi) is 6.45. The second kappa shape index (κ2) is 8.13. The maximum absolute atomic E-state index is 12.6. The lowest BCUT2D eigenvalue weighted by Crippen LogP contribution is -2.59. The van der Waals surface area contributed by atoms with Gasteiger partial charge in [0.05, 0.1) is 6.42 Å². The smallest absolute Gasteiger partial charge is 0.227 e. The lowest BCUT2D eigenvalue weighted by atomic mass is 10.1. The molecule has 1 heterocycles. The van der Waals surface area contributed by atoms with E-state index >= 15 is 0 Å². The molecule has 5 heteroatoms. The number of piperazine rings is 1. The maximum atomic E-state index is 12.6. The van der Waals surface area contributed by atoms with Crippen molar-refractivity contribution in [2.24, 2.45) is 0 Å². The number of carbonyl (C=O) groups is 1. The first-order valence-corrected chi connectivity index (χ1v) is 8.67. The van der Waals surface area contributed by atoms with Gasteiger partial charge >= 0.3 is 0 Å². The van der Waals surface area contributed by atoms with Crippen LogP contribution in [0.5, 0.6) is 0 Å². The molecule has 0 saturated carbocycles. The molecule has 1 aromatic rings. The minimum absolute atomic E-state index is 0.207. The van der Waals surface area contributed by atoms with Gasteiger partial charge in [-0.2, -0.15) is 0 Å². The van der Waals surface area contributed by atoms with Crippen molar-refractivity contribution in [1.29, 1.82) is 0 Å². The molecule has 128 valence electrons. The van der Waals surface area contributed by atoms with E-state index in [1.807, 2.05) is 29.2 Å².